The zero-order valence-corrected chi connectivity index (χ0v) is 13.6. The molecule has 1 aromatic rings. The van der Waals surface area contributed by atoms with Crippen molar-refractivity contribution in [3.63, 3.8) is 0 Å². The SMILES string of the molecule is CC(C)(C)C(=O)NC1CCCN(c2cccc(C(F)(F)F)n2)C1. The first-order valence-electron chi connectivity index (χ1n) is 7.67. The molecule has 1 amide bonds. The maximum atomic E-state index is 12.8. The summed E-state index contributed by atoms with van der Waals surface area (Å²) in [5.41, 5.74) is -1.38. The molecule has 1 aliphatic rings. The highest BCUT2D eigenvalue weighted by Crippen LogP contribution is 2.29. The standard InChI is InChI=1S/C16H22F3N3O/c1-15(2,3)14(23)20-11-6-5-9-22(10-11)13-8-4-7-12(21-13)16(17,18)19/h4,7-8,11H,5-6,9-10H2,1-3H3,(H,20,23). The average molecular weight is 329 g/mol. The van der Waals surface area contributed by atoms with Gasteiger partial charge in [0.05, 0.1) is 0 Å². The van der Waals surface area contributed by atoms with Crippen molar-refractivity contribution >= 4 is 11.7 Å². The summed E-state index contributed by atoms with van der Waals surface area (Å²) in [7, 11) is 0. The van der Waals surface area contributed by atoms with Gasteiger partial charge in [0.1, 0.15) is 11.5 Å². The van der Waals surface area contributed by atoms with Crippen LogP contribution in [0.2, 0.25) is 0 Å². The molecule has 0 bridgehead atoms. The Morgan fingerprint density at radius 2 is 2.00 bits per heavy atom. The van der Waals surface area contributed by atoms with Crippen molar-refractivity contribution in [3.8, 4) is 0 Å². The molecule has 1 saturated heterocycles. The fourth-order valence-corrected chi connectivity index (χ4v) is 2.46. The number of hydrogen-bond donors (Lipinski definition) is 1. The van der Waals surface area contributed by atoms with Crippen LogP contribution in [0.1, 0.15) is 39.3 Å². The number of carbonyl (C=O) groups excluding carboxylic acids is 1. The highest BCUT2D eigenvalue weighted by molar-refractivity contribution is 5.81. The second-order valence-corrected chi connectivity index (χ2v) is 6.89. The van der Waals surface area contributed by atoms with E-state index in [9.17, 15) is 18.0 Å². The van der Waals surface area contributed by atoms with E-state index >= 15 is 0 Å². The minimum Gasteiger partial charge on any atom is -0.355 e. The van der Waals surface area contributed by atoms with E-state index in [1.165, 1.54) is 6.07 Å². The zero-order chi connectivity index (χ0) is 17.3. The lowest BCUT2D eigenvalue weighted by Crippen LogP contribution is -2.50. The molecule has 1 aliphatic heterocycles. The topological polar surface area (TPSA) is 45.2 Å². The number of piperidine rings is 1. The summed E-state index contributed by atoms with van der Waals surface area (Å²) >= 11 is 0. The second kappa shape index (κ2) is 6.37. The van der Waals surface area contributed by atoms with Crippen LogP contribution in [0, 0.1) is 5.41 Å². The first-order chi connectivity index (χ1) is 10.6. The van der Waals surface area contributed by atoms with Gasteiger partial charge in [0, 0.05) is 24.5 Å². The highest BCUT2D eigenvalue weighted by atomic mass is 19.4. The van der Waals surface area contributed by atoms with E-state index in [0.717, 1.165) is 18.9 Å². The first-order valence-corrected chi connectivity index (χ1v) is 7.67. The van der Waals surface area contributed by atoms with E-state index in [1.54, 1.807) is 11.0 Å². The van der Waals surface area contributed by atoms with Crippen molar-refractivity contribution in [2.24, 2.45) is 5.41 Å². The van der Waals surface area contributed by atoms with Crippen LogP contribution in [0.5, 0.6) is 0 Å². The van der Waals surface area contributed by atoms with Crippen LogP contribution in [-0.2, 0) is 11.0 Å². The van der Waals surface area contributed by atoms with Crippen molar-refractivity contribution in [2.45, 2.75) is 45.8 Å². The Hall–Kier alpha value is -1.79. The first kappa shape index (κ1) is 17.6. The van der Waals surface area contributed by atoms with E-state index in [2.05, 4.69) is 10.3 Å². The quantitative estimate of drug-likeness (QED) is 0.906. The predicted molar refractivity (Wildman–Crippen MR) is 82.1 cm³/mol. The van der Waals surface area contributed by atoms with E-state index in [4.69, 9.17) is 0 Å². The summed E-state index contributed by atoms with van der Waals surface area (Å²) < 4.78 is 38.3. The Kier molecular flexibility index (Phi) is 4.87. The van der Waals surface area contributed by atoms with Crippen molar-refractivity contribution in [3.05, 3.63) is 23.9 Å². The largest absolute Gasteiger partial charge is 0.433 e. The zero-order valence-electron chi connectivity index (χ0n) is 13.6. The highest BCUT2D eigenvalue weighted by Gasteiger charge is 2.33. The lowest BCUT2D eigenvalue weighted by atomic mass is 9.94. The summed E-state index contributed by atoms with van der Waals surface area (Å²) in [6.07, 6.45) is -2.84. The van der Waals surface area contributed by atoms with Crippen LogP contribution in [0.3, 0.4) is 0 Å². The molecule has 7 heteroatoms. The number of carbonyl (C=O) groups is 1. The molecule has 4 nitrogen and oxygen atoms in total. The van der Waals surface area contributed by atoms with E-state index in [-0.39, 0.29) is 11.9 Å². The fourth-order valence-electron chi connectivity index (χ4n) is 2.46. The number of nitrogens with one attached hydrogen (secondary N) is 1. The van der Waals surface area contributed by atoms with Crippen LogP contribution in [-0.4, -0.2) is 30.0 Å². The number of pyridine rings is 1. The lowest BCUT2D eigenvalue weighted by Gasteiger charge is -2.35. The van der Waals surface area contributed by atoms with Crippen molar-refractivity contribution in [1.82, 2.24) is 10.3 Å². The molecule has 128 valence electrons. The van der Waals surface area contributed by atoms with Gasteiger partial charge in [-0.25, -0.2) is 4.98 Å². The maximum Gasteiger partial charge on any atom is 0.433 e. The minimum atomic E-state index is -4.45. The molecule has 1 fully saturated rings. The number of rotatable bonds is 2. The van der Waals surface area contributed by atoms with Crippen LogP contribution >= 0.6 is 0 Å². The van der Waals surface area contributed by atoms with Crippen molar-refractivity contribution in [1.29, 1.82) is 0 Å². The molecule has 1 unspecified atom stereocenters. The third-order valence-electron chi connectivity index (χ3n) is 3.79. The smallest absolute Gasteiger partial charge is 0.355 e. The summed E-state index contributed by atoms with van der Waals surface area (Å²) in [6.45, 7) is 6.60. The maximum absolute atomic E-state index is 12.8. The molecule has 2 heterocycles. The number of nitrogens with zero attached hydrogens (tertiary/aromatic N) is 2. The number of halogens is 3. The van der Waals surface area contributed by atoms with Crippen molar-refractivity contribution < 1.29 is 18.0 Å². The van der Waals surface area contributed by atoms with Gasteiger partial charge in [0.25, 0.3) is 0 Å². The van der Waals surface area contributed by atoms with Crippen molar-refractivity contribution in [2.75, 3.05) is 18.0 Å². The van der Waals surface area contributed by atoms with Gasteiger partial charge >= 0.3 is 6.18 Å². The summed E-state index contributed by atoms with van der Waals surface area (Å²) in [5.74, 6) is 0.246. The summed E-state index contributed by atoms with van der Waals surface area (Å²) in [5, 5.41) is 2.97. The molecular weight excluding hydrogens is 307 g/mol. The van der Waals surface area contributed by atoms with Gasteiger partial charge in [0.15, 0.2) is 0 Å². The normalized spacial score (nSPS) is 19.6. The molecule has 0 spiro atoms. The van der Waals surface area contributed by atoms with Gasteiger partial charge in [-0.05, 0) is 25.0 Å². The predicted octanol–water partition coefficient (Wildman–Crippen LogP) is 3.23. The molecule has 0 saturated carbocycles. The molecular formula is C16H22F3N3O. The van der Waals surface area contributed by atoms with E-state index in [0.29, 0.717) is 18.9 Å². The third-order valence-corrected chi connectivity index (χ3v) is 3.79. The molecule has 0 aromatic carbocycles. The van der Waals surface area contributed by atoms with Crippen LogP contribution in [0.15, 0.2) is 18.2 Å². The van der Waals surface area contributed by atoms with Gasteiger partial charge in [-0.1, -0.05) is 26.8 Å². The molecule has 1 aromatic heterocycles. The van der Waals surface area contributed by atoms with Gasteiger partial charge in [0.2, 0.25) is 5.91 Å². The number of amides is 1. The lowest BCUT2D eigenvalue weighted by molar-refractivity contribution is -0.141. The minimum absolute atomic E-state index is 0.0543. The Morgan fingerprint density at radius 1 is 1.30 bits per heavy atom. The molecule has 1 N–H and O–H groups in total. The Bertz CT molecular complexity index is 566. The van der Waals surface area contributed by atoms with Crippen LogP contribution in [0.25, 0.3) is 0 Å². The van der Waals surface area contributed by atoms with Gasteiger partial charge in [-0.2, -0.15) is 13.2 Å². The number of aromatic nitrogens is 1. The number of hydrogen-bond acceptors (Lipinski definition) is 3. The average Bonchev–Trinajstić information content (AvgIpc) is 2.46. The third kappa shape index (κ3) is 4.59. The molecule has 0 aliphatic carbocycles. The number of anilines is 1. The van der Waals surface area contributed by atoms with E-state index < -0.39 is 17.3 Å². The fraction of sp³-hybridized carbons (Fsp3) is 0.625. The molecule has 0 radical (unpaired) electrons. The van der Waals surface area contributed by atoms with E-state index in [1.807, 2.05) is 20.8 Å². The van der Waals surface area contributed by atoms with Gasteiger partial charge in [-0.3, -0.25) is 4.79 Å². The Balaban J connectivity index is 2.08. The number of alkyl halides is 3. The van der Waals surface area contributed by atoms with Gasteiger partial charge < -0.3 is 10.2 Å². The monoisotopic (exact) mass is 329 g/mol. The van der Waals surface area contributed by atoms with Crippen LogP contribution in [0.4, 0.5) is 19.0 Å². The summed E-state index contributed by atoms with van der Waals surface area (Å²) in [4.78, 5) is 17.6. The second-order valence-electron chi connectivity index (χ2n) is 6.89. The summed E-state index contributed by atoms with van der Waals surface area (Å²) in [6, 6.07) is 3.82. The van der Waals surface area contributed by atoms with Crippen LogP contribution < -0.4 is 10.2 Å². The molecule has 2 rings (SSSR count). The molecule has 1 atom stereocenters. The molecule has 23 heavy (non-hydrogen) atoms. The Morgan fingerprint density at radius 3 is 2.61 bits per heavy atom. The Labute approximate surface area is 134 Å². The van der Waals surface area contributed by atoms with Gasteiger partial charge in [-0.15, -0.1) is 0 Å².